The van der Waals surface area contributed by atoms with Gasteiger partial charge in [-0.2, -0.15) is 4.99 Å². The monoisotopic (exact) mass is 406 g/mol. The summed E-state index contributed by atoms with van der Waals surface area (Å²) in [6, 6.07) is 14.4. The van der Waals surface area contributed by atoms with Gasteiger partial charge in [0.2, 0.25) is 0 Å². The Balaban J connectivity index is 1.41. The largest absolute Gasteiger partial charge is 0.481 e. The van der Waals surface area contributed by atoms with Gasteiger partial charge < -0.3 is 10.4 Å². The number of aromatic amines is 1. The highest BCUT2D eigenvalue weighted by Gasteiger charge is 2.22. The van der Waals surface area contributed by atoms with Gasteiger partial charge in [0.15, 0.2) is 11.0 Å². The second kappa shape index (κ2) is 8.07. The number of amides is 1. The zero-order valence-electron chi connectivity index (χ0n) is 14.9. The van der Waals surface area contributed by atoms with Crippen LogP contribution in [0.2, 0.25) is 0 Å². The molecule has 0 unspecified atom stereocenters. The van der Waals surface area contributed by atoms with E-state index in [4.69, 9.17) is 5.11 Å². The van der Waals surface area contributed by atoms with E-state index in [2.05, 4.69) is 30.9 Å². The number of carboxylic acid groups (broad SMARTS) is 1. The highest BCUT2D eigenvalue weighted by atomic mass is 32.2. The Hall–Kier alpha value is -3.79. The van der Waals surface area contributed by atoms with Crippen LogP contribution in [0.3, 0.4) is 0 Å². The minimum Gasteiger partial charge on any atom is -0.481 e. The molecule has 10 heteroatoms. The fourth-order valence-electron chi connectivity index (χ4n) is 2.64. The lowest BCUT2D eigenvalue weighted by Crippen LogP contribution is -2.05. The second-order valence-electron chi connectivity index (χ2n) is 6.10. The summed E-state index contributed by atoms with van der Waals surface area (Å²) in [5, 5.41) is 26.0. The van der Waals surface area contributed by atoms with Crippen LogP contribution in [0.5, 0.6) is 0 Å². The van der Waals surface area contributed by atoms with Crippen molar-refractivity contribution in [2.24, 2.45) is 4.99 Å². The van der Waals surface area contributed by atoms with Crippen LogP contribution in [0.1, 0.15) is 11.1 Å². The van der Waals surface area contributed by atoms with Crippen LogP contribution in [-0.4, -0.2) is 42.8 Å². The fraction of sp³-hybridized carbons (Fsp3) is 0.0526. The molecule has 2 heterocycles. The number of hydrogen-bond donors (Lipinski definition) is 3. The Kier molecular flexibility index (Phi) is 5.16. The standard InChI is InChI=1S/C19H14N6O3S/c26-16(27)10-12-3-7-14(8-4-12)20-19-21-18(28)15(29-19)9-11-1-5-13(6-2-11)17-22-24-25-23-17/h1-9H,10H2,(H,26,27)(H,20,21,28)(H,22,23,24,25)/b15-9-. The number of anilines is 1. The number of rotatable bonds is 5. The molecule has 1 aliphatic heterocycles. The van der Waals surface area contributed by atoms with Crippen molar-refractivity contribution >= 4 is 40.6 Å². The number of carbonyl (C=O) groups is 2. The lowest BCUT2D eigenvalue weighted by Gasteiger charge is -2.05. The molecule has 0 spiro atoms. The molecule has 0 atom stereocenters. The molecule has 0 fully saturated rings. The minimum absolute atomic E-state index is 0.0346. The molecule has 0 bridgehead atoms. The number of tetrazole rings is 1. The summed E-state index contributed by atoms with van der Waals surface area (Å²) in [6.07, 6.45) is 1.73. The maximum absolute atomic E-state index is 12.2. The van der Waals surface area contributed by atoms with Crippen molar-refractivity contribution in [3.8, 4) is 11.4 Å². The first-order chi connectivity index (χ1) is 14.1. The molecule has 0 saturated heterocycles. The van der Waals surface area contributed by atoms with Crippen LogP contribution in [0.4, 0.5) is 5.69 Å². The smallest absolute Gasteiger partial charge is 0.307 e. The van der Waals surface area contributed by atoms with Gasteiger partial charge in [-0.1, -0.05) is 36.4 Å². The SMILES string of the molecule is O=C(O)Cc1ccc(NC2=NC(=O)/C(=C/c3ccc(-c4nnn[nH]4)cc3)S2)cc1. The Morgan fingerprint density at radius 3 is 2.55 bits per heavy atom. The van der Waals surface area contributed by atoms with E-state index in [-0.39, 0.29) is 12.3 Å². The van der Waals surface area contributed by atoms with Crippen LogP contribution < -0.4 is 5.32 Å². The van der Waals surface area contributed by atoms with Crippen molar-refractivity contribution in [1.29, 1.82) is 0 Å². The van der Waals surface area contributed by atoms with Gasteiger partial charge in [0.25, 0.3) is 5.91 Å². The number of aliphatic imine (C=N–C) groups is 1. The Morgan fingerprint density at radius 1 is 1.14 bits per heavy atom. The third kappa shape index (κ3) is 4.55. The molecular formula is C19H14N6O3S. The predicted molar refractivity (Wildman–Crippen MR) is 109 cm³/mol. The summed E-state index contributed by atoms with van der Waals surface area (Å²) in [5.74, 6) is -0.629. The van der Waals surface area contributed by atoms with Gasteiger partial charge in [-0.15, -0.1) is 5.10 Å². The van der Waals surface area contributed by atoms with E-state index in [0.29, 0.717) is 21.5 Å². The molecule has 144 valence electrons. The highest BCUT2D eigenvalue weighted by Crippen LogP contribution is 2.29. The van der Waals surface area contributed by atoms with Crippen molar-refractivity contribution in [2.75, 3.05) is 5.32 Å². The van der Waals surface area contributed by atoms with Gasteiger partial charge in [0.05, 0.1) is 11.3 Å². The summed E-state index contributed by atoms with van der Waals surface area (Å²) in [6.45, 7) is 0. The van der Waals surface area contributed by atoms with Gasteiger partial charge in [0, 0.05) is 11.3 Å². The molecule has 0 radical (unpaired) electrons. The number of carbonyl (C=O) groups excluding carboxylic acids is 1. The molecule has 4 rings (SSSR count). The van der Waals surface area contributed by atoms with E-state index < -0.39 is 5.97 Å². The summed E-state index contributed by atoms with van der Waals surface area (Å²) in [7, 11) is 0. The van der Waals surface area contributed by atoms with Gasteiger partial charge in [-0.25, -0.2) is 5.10 Å². The van der Waals surface area contributed by atoms with Crippen LogP contribution in [0.25, 0.3) is 17.5 Å². The fourth-order valence-corrected chi connectivity index (χ4v) is 3.47. The maximum Gasteiger partial charge on any atom is 0.307 e. The summed E-state index contributed by atoms with van der Waals surface area (Å²) < 4.78 is 0. The first-order valence-corrected chi connectivity index (χ1v) is 9.33. The van der Waals surface area contributed by atoms with E-state index in [9.17, 15) is 9.59 Å². The zero-order valence-corrected chi connectivity index (χ0v) is 15.7. The van der Waals surface area contributed by atoms with Crippen LogP contribution in [0.15, 0.2) is 58.4 Å². The van der Waals surface area contributed by atoms with Crippen LogP contribution >= 0.6 is 11.8 Å². The Labute approximate surface area is 168 Å². The number of aliphatic carboxylic acids is 1. The molecule has 1 amide bonds. The van der Waals surface area contributed by atoms with E-state index in [0.717, 1.165) is 16.8 Å². The summed E-state index contributed by atoms with van der Waals surface area (Å²) in [5.41, 5.74) is 3.12. The average Bonchev–Trinajstić information content (AvgIpc) is 3.34. The Bertz CT molecular complexity index is 1110. The topological polar surface area (TPSA) is 133 Å². The predicted octanol–water partition coefficient (Wildman–Crippen LogP) is 2.58. The van der Waals surface area contributed by atoms with Crippen molar-refractivity contribution in [2.45, 2.75) is 6.42 Å². The van der Waals surface area contributed by atoms with E-state index >= 15 is 0 Å². The molecule has 29 heavy (non-hydrogen) atoms. The van der Waals surface area contributed by atoms with Gasteiger partial charge in [-0.3, -0.25) is 9.59 Å². The molecule has 3 aromatic rings. The van der Waals surface area contributed by atoms with E-state index in [1.54, 1.807) is 30.3 Å². The summed E-state index contributed by atoms with van der Waals surface area (Å²) >= 11 is 1.24. The third-order valence-corrected chi connectivity index (χ3v) is 4.91. The quantitative estimate of drug-likeness (QED) is 0.551. The van der Waals surface area contributed by atoms with Gasteiger partial charge >= 0.3 is 5.97 Å². The maximum atomic E-state index is 12.2. The number of aromatic nitrogens is 4. The minimum atomic E-state index is -0.882. The number of thioether (sulfide) groups is 1. The molecule has 2 aromatic carbocycles. The second-order valence-corrected chi connectivity index (χ2v) is 7.13. The number of nitrogens with zero attached hydrogens (tertiary/aromatic N) is 4. The van der Waals surface area contributed by atoms with Crippen LogP contribution in [-0.2, 0) is 16.0 Å². The normalized spacial score (nSPS) is 14.8. The average molecular weight is 406 g/mol. The number of nitrogens with one attached hydrogen (secondary N) is 2. The number of H-pyrrole nitrogens is 1. The zero-order chi connectivity index (χ0) is 20.2. The number of amidine groups is 1. The van der Waals surface area contributed by atoms with Crippen molar-refractivity contribution in [3.63, 3.8) is 0 Å². The molecule has 1 aliphatic rings. The lowest BCUT2D eigenvalue weighted by molar-refractivity contribution is -0.136. The first-order valence-electron chi connectivity index (χ1n) is 8.51. The van der Waals surface area contributed by atoms with Gasteiger partial charge in [-0.05, 0) is 51.5 Å². The van der Waals surface area contributed by atoms with Crippen molar-refractivity contribution < 1.29 is 14.7 Å². The molecule has 3 N–H and O–H groups in total. The molecular weight excluding hydrogens is 392 g/mol. The highest BCUT2D eigenvalue weighted by molar-refractivity contribution is 8.18. The Morgan fingerprint density at radius 2 is 1.90 bits per heavy atom. The van der Waals surface area contributed by atoms with E-state index in [1.807, 2.05) is 24.3 Å². The lowest BCUT2D eigenvalue weighted by atomic mass is 10.1. The molecule has 0 saturated carbocycles. The van der Waals surface area contributed by atoms with Crippen LogP contribution in [0, 0.1) is 0 Å². The molecule has 0 aliphatic carbocycles. The first kappa shape index (κ1) is 18.6. The molecule has 1 aromatic heterocycles. The van der Waals surface area contributed by atoms with Crippen molar-refractivity contribution in [3.05, 3.63) is 64.6 Å². The molecule has 9 nitrogen and oxygen atoms in total. The number of hydrogen-bond acceptors (Lipinski definition) is 7. The van der Waals surface area contributed by atoms with E-state index in [1.165, 1.54) is 11.8 Å². The van der Waals surface area contributed by atoms with Gasteiger partial charge in [0.1, 0.15) is 0 Å². The van der Waals surface area contributed by atoms with Crippen molar-refractivity contribution in [1.82, 2.24) is 20.6 Å². The number of carboxylic acids is 1. The third-order valence-electron chi connectivity index (χ3n) is 4.01. The number of benzene rings is 2. The summed E-state index contributed by atoms with van der Waals surface area (Å²) in [4.78, 5) is 27.5.